The van der Waals surface area contributed by atoms with Gasteiger partial charge in [-0.25, -0.2) is 27.5 Å². The molecule has 262 valence electrons. The highest BCUT2D eigenvalue weighted by atomic mass is 32.2. The lowest BCUT2D eigenvalue weighted by Gasteiger charge is -2.39. The number of nitrogens with one attached hydrogen (secondary N) is 1. The van der Waals surface area contributed by atoms with Crippen LogP contribution in [0.5, 0.6) is 0 Å². The number of pyridine rings is 1. The van der Waals surface area contributed by atoms with Gasteiger partial charge < -0.3 is 14.8 Å². The number of aryl methyl sites for hydroxylation is 1. The summed E-state index contributed by atoms with van der Waals surface area (Å²) in [5.41, 5.74) is -0.277. The lowest BCUT2D eigenvalue weighted by atomic mass is 9.94. The fourth-order valence-corrected chi connectivity index (χ4v) is 8.07. The number of amides is 3. The first-order chi connectivity index (χ1) is 22.1. The molecule has 1 aliphatic heterocycles. The van der Waals surface area contributed by atoms with E-state index >= 15 is 0 Å². The summed E-state index contributed by atoms with van der Waals surface area (Å²) in [4.78, 5) is 38.4. The Bertz CT molecular complexity index is 1150. The molecule has 1 saturated heterocycles. The van der Waals surface area contributed by atoms with Crippen LogP contribution in [-0.2, 0) is 37.2 Å². The van der Waals surface area contributed by atoms with Crippen molar-refractivity contribution in [3.8, 4) is 0 Å². The third-order valence-corrected chi connectivity index (χ3v) is 10.8. The molecule has 0 saturated carbocycles. The second-order valence-electron chi connectivity index (χ2n) is 13.0. The van der Waals surface area contributed by atoms with Gasteiger partial charge in [0.15, 0.2) is 16.0 Å². The zero-order valence-electron chi connectivity index (χ0n) is 28.7. The number of hydrogen-bond acceptors (Lipinski definition) is 7. The van der Waals surface area contributed by atoms with Gasteiger partial charge in [0.25, 0.3) is 0 Å². The molecule has 2 heterocycles. The standard InChI is InChI=1S/C35H59N3O7S/c1-4-6-7-8-9-10-11-12-13-14-15-16-17-18-19-21-24-36-33(40)44-27-35(29-46(42,43)30-35)28-45-34(41)38(31(3)39)26-32-23-20-22-25-37(32)5-2/h20,22-23,25H,4-19,21,24,26-30H2,1-3H3/p+1. The summed E-state index contributed by atoms with van der Waals surface area (Å²) >= 11 is 0. The fourth-order valence-electron chi connectivity index (χ4n) is 5.96. The third kappa shape index (κ3) is 15.7. The van der Waals surface area contributed by atoms with E-state index in [4.69, 9.17) is 9.47 Å². The molecule has 0 aliphatic carbocycles. The van der Waals surface area contributed by atoms with Crippen molar-refractivity contribution in [3.63, 3.8) is 0 Å². The van der Waals surface area contributed by atoms with Crippen molar-refractivity contribution in [3.05, 3.63) is 30.1 Å². The molecule has 0 bridgehead atoms. The maximum atomic E-state index is 12.9. The van der Waals surface area contributed by atoms with E-state index in [1.165, 1.54) is 90.4 Å². The monoisotopic (exact) mass is 666 g/mol. The summed E-state index contributed by atoms with van der Waals surface area (Å²) in [6, 6.07) is 5.50. The fraction of sp³-hybridized carbons (Fsp3) is 0.771. The van der Waals surface area contributed by atoms with Crippen LogP contribution in [0.1, 0.15) is 129 Å². The second kappa shape index (κ2) is 22.0. The smallest absolute Gasteiger partial charge is 0.417 e. The van der Waals surface area contributed by atoms with Crippen LogP contribution in [0.2, 0.25) is 0 Å². The Kier molecular flexibility index (Phi) is 18.9. The molecule has 2 rings (SSSR count). The molecule has 1 aromatic rings. The molecule has 0 radical (unpaired) electrons. The van der Waals surface area contributed by atoms with Crippen LogP contribution in [-0.4, -0.2) is 62.7 Å². The van der Waals surface area contributed by atoms with E-state index in [0.717, 1.165) is 29.9 Å². The molecule has 1 aromatic heterocycles. The molecular formula is C35H60N3O7S+. The number of nitrogens with zero attached hydrogens (tertiary/aromatic N) is 2. The van der Waals surface area contributed by atoms with Gasteiger partial charge in [0.2, 0.25) is 11.6 Å². The first kappa shape index (κ1) is 39.5. The molecule has 1 N–H and O–H groups in total. The molecular weight excluding hydrogens is 606 g/mol. The molecule has 1 aliphatic rings. The summed E-state index contributed by atoms with van der Waals surface area (Å²) in [6.45, 7) is 6.19. The average molecular weight is 667 g/mol. The van der Waals surface area contributed by atoms with Gasteiger partial charge in [-0.3, -0.25) is 4.79 Å². The zero-order chi connectivity index (χ0) is 33.7. The Labute approximate surface area is 277 Å². The summed E-state index contributed by atoms with van der Waals surface area (Å²) in [7, 11) is -3.31. The molecule has 11 heteroatoms. The summed E-state index contributed by atoms with van der Waals surface area (Å²) in [6.07, 6.45) is 20.9. The number of unbranched alkanes of at least 4 members (excludes halogenated alkanes) is 15. The van der Waals surface area contributed by atoms with Gasteiger partial charge in [0.05, 0.1) is 16.9 Å². The molecule has 1 fully saturated rings. The Morgan fingerprint density at radius 2 is 1.33 bits per heavy atom. The SMILES string of the molecule is CCCCCCCCCCCCCCCCCCNC(=O)OCC1(COC(=O)N(Cc2cccc[n+]2CC)C(C)=O)CS(=O)(=O)C1. The number of aromatic nitrogens is 1. The maximum absolute atomic E-state index is 12.9. The number of alkyl carbamates (subject to hydrolysis) is 1. The topological polar surface area (TPSA) is 123 Å². The van der Waals surface area contributed by atoms with E-state index in [1.54, 1.807) is 0 Å². The van der Waals surface area contributed by atoms with E-state index in [2.05, 4.69) is 12.2 Å². The van der Waals surface area contributed by atoms with Gasteiger partial charge in [0.1, 0.15) is 26.3 Å². The minimum absolute atomic E-state index is 0.0202. The van der Waals surface area contributed by atoms with Crippen LogP contribution < -0.4 is 9.88 Å². The highest BCUT2D eigenvalue weighted by Gasteiger charge is 2.51. The Hall–Kier alpha value is -2.69. The van der Waals surface area contributed by atoms with Gasteiger partial charge in [0, 0.05) is 25.6 Å². The van der Waals surface area contributed by atoms with Crippen molar-refractivity contribution in [1.82, 2.24) is 10.2 Å². The van der Waals surface area contributed by atoms with Crippen LogP contribution in [0, 0.1) is 5.41 Å². The summed E-state index contributed by atoms with van der Waals surface area (Å²) in [5, 5.41) is 2.74. The lowest BCUT2D eigenvalue weighted by Crippen LogP contribution is -2.56. The van der Waals surface area contributed by atoms with Crippen molar-refractivity contribution in [2.24, 2.45) is 5.41 Å². The highest BCUT2D eigenvalue weighted by Crippen LogP contribution is 2.34. The van der Waals surface area contributed by atoms with E-state index in [9.17, 15) is 22.8 Å². The summed E-state index contributed by atoms with van der Waals surface area (Å²) in [5.74, 6) is -1.00. The van der Waals surface area contributed by atoms with Crippen LogP contribution in [0.25, 0.3) is 0 Å². The average Bonchev–Trinajstić information content (AvgIpc) is 3.02. The Morgan fingerprint density at radius 3 is 1.83 bits per heavy atom. The highest BCUT2D eigenvalue weighted by molar-refractivity contribution is 7.92. The minimum atomic E-state index is -3.31. The van der Waals surface area contributed by atoms with Crippen molar-refractivity contribution in [2.45, 2.75) is 137 Å². The van der Waals surface area contributed by atoms with E-state index < -0.39 is 33.3 Å². The molecule has 3 amide bonds. The number of sulfone groups is 1. The van der Waals surface area contributed by atoms with Crippen LogP contribution in [0.15, 0.2) is 24.4 Å². The zero-order valence-corrected chi connectivity index (χ0v) is 29.5. The van der Waals surface area contributed by atoms with Gasteiger partial charge in [-0.15, -0.1) is 0 Å². The Balaban J connectivity index is 1.59. The number of ether oxygens (including phenoxy) is 2. The molecule has 0 spiro atoms. The van der Waals surface area contributed by atoms with Crippen molar-refractivity contribution >= 4 is 27.9 Å². The Morgan fingerprint density at radius 1 is 0.804 bits per heavy atom. The number of rotatable bonds is 24. The normalized spacial score (nSPS) is 14.7. The third-order valence-electron chi connectivity index (χ3n) is 8.66. The van der Waals surface area contributed by atoms with Crippen molar-refractivity contribution in [1.29, 1.82) is 0 Å². The van der Waals surface area contributed by atoms with Gasteiger partial charge in [-0.1, -0.05) is 109 Å². The van der Waals surface area contributed by atoms with Gasteiger partial charge in [-0.2, -0.15) is 0 Å². The summed E-state index contributed by atoms with van der Waals surface area (Å²) < 4.78 is 36.7. The quantitative estimate of drug-likeness (QED) is 0.0943. The van der Waals surface area contributed by atoms with E-state index in [-0.39, 0.29) is 31.3 Å². The van der Waals surface area contributed by atoms with Crippen molar-refractivity contribution in [2.75, 3.05) is 31.3 Å². The molecule has 0 unspecified atom stereocenters. The predicted octanol–water partition coefficient (Wildman–Crippen LogP) is 6.88. The lowest BCUT2D eigenvalue weighted by molar-refractivity contribution is -0.701. The molecule has 10 nitrogen and oxygen atoms in total. The first-order valence-corrected chi connectivity index (χ1v) is 19.5. The molecule has 0 aromatic carbocycles. The first-order valence-electron chi connectivity index (χ1n) is 17.6. The number of carbonyl (C=O) groups excluding carboxylic acids is 3. The largest absolute Gasteiger partial charge is 0.449 e. The van der Waals surface area contributed by atoms with Crippen LogP contribution in [0.3, 0.4) is 0 Å². The minimum Gasteiger partial charge on any atom is -0.449 e. The maximum Gasteiger partial charge on any atom is 0.417 e. The molecule has 0 atom stereocenters. The van der Waals surface area contributed by atoms with Gasteiger partial charge >= 0.3 is 12.2 Å². The van der Waals surface area contributed by atoms with Crippen molar-refractivity contribution < 1.29 is 36.8 Å². The number of imide groups is 1. The predicted molar refractivity (Wildman–Crippen MR) is 180 cm³/mol. The van der Waals surface area contributed by atoms with Crippen LogP contribution >= 0.6 is 0 Å². The second-order valence-corrected chi connectivity index (χ2v) is 15.0. The number of carbonyl (C=O) groups is 3. The van der Waals surface area contributed by atoms with E-state index in [0.29, 0.717) is 13.1 Å². The number of hydrogen-bond donors (Lipinski definition) is 1. The van der Waals surface area contributed by atoms with Crippen LogP contribution in [0.4, 0.5) is 9.59 Å². The van der Waals surface area contributed by atoms with E-state index in [1.807, 2.05) is 35.9 Å². The molecule has 46 heavy (non-hydrogen) atoms. The van der Waals surface area contributed by atoms with Gasteiger partial charge in [-0.05, 0) is 13.3 Å².